The lowest BCUT2D eigenvalue weighted by molar-refractivity contribution is -0.384. The predicted molar refractivity (Wildman–Crippen MR) is 64.5 cm³/mol. The zero-order chi connectivity index (χ0) is 13.2. The van der Waals surface area contributed by atoms with Crippen LogP contribution in [0.2, 0.25) is 0 Å². The summed E-state index contributed by atoms with van der Waals surface area (Å²) in [6.45, 7) is 0.370. The summed E-state index contributed by atoms with van der Waals surface area (Å²) in [5, 5.41) is 17.1. The Bertz CT molecular complexity index is 719. The van der Waals surface area contributed by atoms with Crippen molar-refractivity contribution in [2.24, 2.45) is 0 Å². The minimum absolute atomic E-state index is 0.0366. The van der Waals surface area contributed by atoms with Gasteiger partial charge in [-0.3, -0.25) is 10.1 Å². The van der Waals surface area contributed by atoms with E-state index < -0.39 is 4.92 Å². The maximum absolute atomic E-state index is 10.6. The van der Waals surface area contributed by atoms with Gasteiger partial charge in [0.1, 0.15) is 5.52 Å². The molecule has 0 aliphatic carbocycles. The molecule has 0 spiro atoms. The van der Waals surface area contributed by atoms with Gasteiger partial charge < -0.3 is 14.3 Å². The van der Waals surface area contributed by atoms with Crippen LogP contribution in [0, 0.1) is 10.1 Å². The Balaban J connectivity index is 1.83. The van der Waals surface area contributed by atoms with Crippen molar-refractivity contribution in [3.63, 3.8) is 0 Å². The van der Waals surface area contributed by atoms with Crippen LogP contribution in [-0.4, -0.2) is 15.1 Å². The monoisotopic (exact) mass is 260 g/mol. The highest BCUT2D eigenvalue weighted by molar-refractivity contribution is 5.77. The van der Waals surface area contributed by atoms with E-state index in [0.717, 1.165) is 0 Å². The average Bonchev–Trinajstić information content (AvgIpc) is 3.04. The Morgan fingerprint density at radius 1 is 1.37 bits per heavy atom. The predicted octanol–water partition coefficient (Wildman–Crippen LogP) is 2.34. The van der Waals surface area contributed by atoms with Crippen LogP contribution in [0.15, 0.2) is 39.4 Å². The zero-order valence-electron chi connectivity index (χ0n) is 9.57. The molecule has 8 heteroatoms. The molecule has 19 heavy (non-hydrogen) atoms. The number of rotatable bonds is 4. The molecule has 0 atom stereocenters. The Hall–Kier alpha value is -2.90. The van der Waals surface area contributed by atoms with Crippen molar-refractivity contribution in [3.8, 4) is 0 Å². The summed E-state index contributed by atoms with van der Waals surface area (Å²) in [5.41, 5.74) is 0.866. The van der Waals surface area contributed by atoms with E-state index in [2.05, 4.69) is 15.5 Å². The second-order valence-electron chi connectivity index (χ2n) is 3.76. The molecule has 0 fully saturated rings. The number of anilines is 1. The molecule has 3 rings (SSSR count). The number of benzene rings is 1. The summed E-state index contributed by atoms with van der Waals surface area (Å²) in [6.07, 6.45) is 1.53. The number of aromatic nitrogens is 2. The number of nitrogens with zero attached hydrogens (tertiary/aromatic N) is 3. The number of non-ortho nitro benzene ring substituents is 1. The molecule has 0 saturated heterocycles. The Labute approximate surface area is 106 Å². The lowest BCUT2D eigenvalue weighted by Gasteiger charge is -1.95. The molecule has 3 aromatic rings. The third kappa shape index (κ3) is 2.23. The van der Waals surface area contributed by atoms with E-state index >= 15 is 0 Å². The van der Waals surface area contributed by atoms with Gasteiger partial charge in [0.2, 0.25) is 0 Å². The van der Waals surface area contributed by atoms with Crippen molar-refractivity contribution >= 4 is 22.8 Å². The van der Waals surface area contributed by atoms with Crippen LogP contribution < -0.4 is 5.32 Å². The third-order valence-electron chi connectivity index (χ3n) is 2.49. The Morgan fingerprint density at radius 2 is 2.26 bits per heavy atom. The van der Waals surface area contributed by atoms with E-state index in [4.69, 9.17) is 8.94 Å². The number of oxazole rings is 1. The van der Waals surface area contributed by atoms with E-state index in [9.17, 15) is 10.1 Å². The van der Waals surface area contributed by atoms with Gasteiger partial charge in [-0.15, -0.1) is 0 Å². The van der Waals surface area contributed by atoms with Gasteiger partial charge in [0.15, 0.2) is 11.3 Å². The van der Waals surface area contributed by atoms with E-state index in [0.29, 0.717) is 23.4 Å². The maximum atomic E-state index is 10.6. The van der Waals surface area contributed by atoms with Crippen molar-refractivity contribution in [2.75, 3.05) is 5.32 Å². The largest absolute Gasteiger partial charge is 0.423 e. The van der Waals surface area contributed by atoms with Crippen LogP contribution in [0.4, 0.5) is 11.7 Å². The van der Waals surface area contributed by atoms with Crippen LogP contribution in [-0.2, 0) is 6.54 Å². The van der Waals surface area contributed by atoms with Gasteiger partial charge in [-0.1, -0.05) is 5.16 Å². The van der Waals surface area contributed by atoms with Gasteiger partial charge in [0.25, 0.3) is 11.7 Å². The molecular formula is C11H8N4O4. The molecule has 2 aromatic heterocycles. The Kier molecular flexibility index (Phi) is 2.60. The van der Waals surface area contributed by atoms with E-state index in [-0.39, 0.29) is 11.7 Å². The molecule has 1 aromatic carbocycles. The van der Waals surface area contributed by atoms with Crippen molar-refractivity contribution in [3.05, 3.63) is 46.3 Å². The summed E-state index contributed by atoms with van der Waals surface area (Å²) < 4.78 is 10.3. The van der Waals surface area contributed by atoms with Gasteiger partial charge in [0.05, 0.1) is 23.7 Å². The lowest BCUT2D eigenvalue weighted by atomic mass is 10.3. The van der Waals surface area contributed by atoms with Gasteiger partial charge in [0, 0.05) is 12.1 Å². The number of hydrogen-bond donors (Lipinski definition) is 1. The van der Waals surface area contributed by atoms with E-state index in [1.807, 2.05) is 0 Å². The number of fused-ring (bicyclic) bond motifs is 1. The number of nitro benzene ring substituents is 1. The van der Waals surface area contributed by atoms with Crippen molar-refractivity contribution in [1.29, 1.82) is 0 Å². The summed E-state index contributed by atoms with van der Waals surface area (Å²) in [7, 11) is 0. The molecule has 2 heterocycles. The first-order chi connectivity index (χ1) is 9.22. The fourth-order valence-corrected chi connectivity index (χ4v) is 1.60. The molecule has 0 aliphatic heterocycles. The first-order valence-corrected chi connectivity index (χ1v) is 5.41. The third-order valence-corrected chi connectivity index (χ3v) is 2.49. The second kappa shape index (κ2) is 4.41. The second-order valence-corrected chi connectivity index (χ2v) is 3.76. The molecule has 0 aliphatic rings. The fourth-order valence-electron chi connectivity index (χ4n) is 1.60. The van der Waals surface area contributed by atoms with Gasteiger partial charge in [-0.25, -0.2) is 0 Å². The standard InChI is InChI=1S/C11H8N4O4/c16-15(17)7-1-2-9-10(5-7)18-11(14-9)12-6-8-3-4-13-19-8/h1-5H,6H2,(H,12,14). The van der Waals surface area contributed by atoms with Gasteiger partial charge in [-0.05, 0) is 6.07 Å². The first kappa shape index (κ1) is 11.2. The van der Waals surface area contributed by atoms with E-state index in [1.54, 1.807) is 6.07 Å². The summed E-state index contributed by atoms with van der Waals surface area (Å²) in [5.74, 6) is 0.633. The van der Waals surface area contributed by atoms with Crippen LogP contribution in [0.3, 0.4) is 0 Å². The highest BCUT2D eigenvalue weighted by Crippen LogP contribution is 2.23. The van der Waals surface area contributed by atoms with Crippen molar-refractivity contribution < 1.29 is 13.9 Å². The summed E-state index contributed by atoms with van der Waals surface area (Å²) in [4.78, 5) is 14.3. The topological polar surface area (TPSA) is 107 Å². The molecule has 0 unspecified atom stereocenters. The summed E-state index contributed by atoms with van der Waals surface area (Å²) >= 11 is 0. The molecule has 0 radical (unpaired) electrons. The SMILES string of the molecule is O=[N+]([O-])c1ccc2nc(NCc3ccno3)oc2c1. The minimum Gasteiger partial charge on any atom is -0.423 e. The number of nitro groups is 1. The zero-order valence-corrected chi connectivity index (χ0v) is 9.57. The molecule has 0 saturated carbocycles. The highest BCUT2D eigenvalue weighted by Gasteiger charge is 2.11. The molecular weight excluding hydrogens is 252 g/mol. The van der Waals surface area contributed by atoms with Gasteiger partial charge >= 0.3 is 0 Å². The minimum atomic E-state index is -0.483. The molecule has 1 N–H and O–H groups in total. The van der Waals surface area contributed by atoms with Crippen LogP contribution in [0.25, 0.3) is 11.1 Å². The smallest absolute Gasteiger partial charge is 0.296 e. The average molecular weight is 260 g/mol. The maximum Gasteiger partial charge on any atom is 0.296 e. The molecule has 0 amide bonds. The molecule has 8 nitrogen and oxygen atoms in total. The van der Waals surface area contributed by atoms with Crippen molar-refractivity contribution in [2.45, 2.75) is 6.54 Å². The van der Waals surface area contributed by atoms with Crippen LogP contribution in [0.1, 0.15) is 5.76 Å². The summed E-state index contributed by atoms with van der Waals surface area (Å²) in [6, 6.07) is 6.23. The normalized spacial score (nSPS) is 10.7. The van der Waals surface area contributed by atoms with Crippen LogP contribution >= 0.6 is 0 Å². The quantitative estimate of drug-likeness (QED) is 0.566. The van der Waals surface area contributed by atoms with Gasteiger partial charge in [-0.2, -0.15) is 4.98 Å². The van der Waals surface area contributed by atoms with Crippen LogP contribution in [0.5, 0.6) is 0 Å². The number of hydrogen-bond acceptors (Lipinski definition) is 7. The molecule has 0 bridgehead atoms. The fraction of sp³-hybridized carbons (Fsp3) is 0.0909. The highest BCUT2D eigenvalue weighted by atomic mass is 16.6. The van der Waals surface area contributed by atoms with Crippen molar-refractivity contribution in [1.82, 2.24) is 10.1 Å². The van der Waals surface area contributed by atoms with E-state index in [1.165, 1.54) is 24.4 Å². The lowest BCUT2D eigenvalue weighted by Crippen LogP contribution is -1.97. The molecule has 96 valence electrons. The first-order valence-electron chi connectivity index (χ1n) is 5.41. The number of nitrogens with one attached hydrogen (secondary N) is 1. The Morgan fingerprint density at radius 3 is 3.00 bits per heavy atom.